The second-order valence-corrected chi connectivity index (χ2v) is 4.84. The van der Waals surface area contributed by atoms with Gasteiger partial charge in [0.1, 0.15) is 11.8 Å². The van der Waals surface area contributed by atoms with Gasteiger partial charge in [-0.2, -0.15) is 0 Å². The number of hydrogen-bond donors (Lipinski definition) is 2. The summed E-state index contributed by atoms with van der Waals surface area (Å²) in [6.07, 6.45) is 0.247. The number of rotatable bonds is 5. The number of carbonyl (C=O) groups excluding carboxylic acids is 1. The fraction of sp³-hybridized carbons (Fsp3) is 0.250. The quantitative estimate of drug-likeness (QED) is 0.881. The van der Waals surface area contributed by atoms with Gasteiger partial charge in [-0.15, -0.1) is 0 Å². The summed E-state index contributed by atoms with van der Waals surface area (Å²) in [7, 11) is 1.61. The number of amides is 1. The maximum absolute atomic E-state index is 11.2. The Labute approximate surface area is 122 Å². The normalized spacial score (nSPS) is 11.9. The van der Waals surface area contributed by atoms with Crippen LogP contribution in [0.5, 0.6) is 5.75 Å². The molecule has 2 N–H and O–H groups in total. The maximum Gasteiger partial charge on any atom is 0.326 e. The van der Waals surface area contributed by atoms with E-state index in [0.29, 0.717) is 0 Å². The van der Waals surface area contributed by atoms with Crippen LogP contribution in [0.15, 0.2) is 36.4 Å². The number of methoxy groups -OCH3 is 1. The Morgan fingerprint density at radius 3 is 2.48 bits per heavy atom. The molecule has 0 radical (unpaired) electrons. The van der Waals surface area contributed by atoms with Gasteiger partial charge in [0.25, 0.3) is 0 Å². The number of carboxylic acid groups (broad SMARTS) is 1. The molecular weight excluding hydrogens is 270 g/mol. The number of fused-ring (bicyclic) bond motifs is 1. The first-order valence-corrected chi connectivity index (χ1v) is 6.56. The number of ether oxygens (including phenoxy) is 1. The maximum atomic E-state index is 11.2. The van der Waals surface area contributed by atoms with Crippen molar-refractivity contribution in [1.29, 1.82) is 0 Å². The van der Waals surface area contributed by atoms with Crippen LogP contribution in [-0.2, 0) is 16.0 Å². The van der Waals surface area contributed by atoms with Gasteiger partial charge < -0.3 is 15.2 Å². The molecule has 5 nitrogen and oxygen atoms in total. The molecule has 2 rings (SSSR count). The Balaban J connectivity index is 2.25. The average molecular weight is 287 g/mol. The van der Waals surface area contributed by atoms with Crippen molar-refractivity contribution < 1.29 is 19.4 Å². The number of benzene rings is 2. The third-order valence-corrected chi connectivity index (χ3v) is 3.23. The summed E-state index contributed by atoms with van der Waals surface area (Å²) in [5, 5.41) is 13.6. The highest BCUT2D eigenvalue weighted by molar-refractivity contribution is 5.85. The average Bonchev–Trinajstić information content (AvgIpc) is 2.45. The Morgan fingerprint density at radius 2 is 1.86 bits per heavy atom. The van der Waals surface area contributed by atoms with Crippen LogP contribution in [0.4, 0.5) is 0 Å². The van der Waals surface area contributed by atoms with Crippen molar-refractivity contribution in [2.45, 2.75) is 19.4 Å². The molecule has 1 atom stereocenters. The highest BCUT2D eigenvalue weighted by Gasteiger charge is 2.18. The van der Waals surface area contributed by atoms with E-state index in [0.717, 1.165) is 22.1 Å². The molecule has 0 heterocycles. The molecule has 0 bridgehead atoms. The lowest BCUT2D eigenvalue weighted by atomic mass is 10.0. The van der Waals surface area contributed by atoms with Crippen molar-refractivity contribution in [3.63, 3.8) is 0 Å². The van der Waals surface area contributed by atoms with Crippen LogP contribution in [-0.4, -0.2) is 30.1 Å². The molecule has 21 heavy (non-hydrogen) atoms. The monoisotopic (exact) mass is 287 g/mol. The van der Waals surface area contributed by atoms with Crippen molar-refractivity contribution in [1.82, 2.24) is 5.32 Å². The van der Waals surface area contributed by atoms with Crippen LogP contribution in [0.25, 0.3) is 10.8 Å². The van der Waals surface area contributed by atoms with E-state index in [1.165, 1.54) is 6.92 Å². The minimum Gasteiger partial charge on any atom is -0.497 e. The standard InChI is InChI=1S/C16H17NO4/c1-10(18)17-15(16(19)20)8-11-3-4-13-9-14(21-2)6-5-12(13)7-11/h3-7,9,15H,8H2,1-2H3,(H,17,18)(H,19,20). The third-order valence-electron chi connectivity index (χ3n) is 3.23. The Morgan fingerprint density at radius 1 is 1.19 bits per heavy atom. The van der Waals surface area contributed by atoms with Crippen molar-refractivity contribution in [2.75, 3.05) is 7.11 Å². The number of aliphatic carboxylic acids is 1. The van der Waals surface area contributed by atoms with E-state index in [2.05, 4.69) is 5.32 Å². The van der Waals surface area contributed by atoms with Gasteiger partial charge in [-0.25, -0.2) is 4.79 Å². The molecule has 0 saturated heterocycles. The van der Waals surface area contributed by atoms with Gasteiger partial charge in [0.2, 0.25) is 5.91 Å². The van der Waals surface area contributed by atoms with Gasteiger partial charge in [0.15, 0.2) is 0 Å². The summed E-state index contributed by atoms with van der Waals surface area (Å²) in [4.78, 5) is 22.2. The van der Waals surface area contributed by atoms with Crippen LogP contribution in [0.3, 0.4) is 0 Å². The molecule has 5 heteroatoms. The van der Waals surface area contributed by atoms with Gasteiger partial charge in [0.05, 0.1) is 7.11 Å². The van der Waals surface area contributed by atoms with Crippen molar-refractivity contribution in [3.8, 4) is 5.75 Å². The van der Waals surface area contributed by atoms with E-state index in [-0.39, 0.29) is 12.3 Å². The molecule has 1 amide bonds. The molecule has 0 aliphatic carbocycles. The van der Waals surface area contributed by atoms with Crippen LogP contribution in [0.2, 0.25) is 0 Å². The second-order valence-electron chi connectivity index (χ2n) is 4.84. The number of carboxylic acids is 1. The first-order chi connectivity index (χ1) is 9.99. The zero-order valence-electron chi connectivity index (χ0n) is 11.9. The lowest BCUT2D eigenvalue weighted by Crippen LogP contribution is -2.41. The topological polar surface area (TPSA) is 75.6 Å². The highest BCUT2D eigenvalue weighted by Crippen LogP contribution is 2.22. The predicted molar refractivity (Wildman–Crippen MR) is 79.4 cm³/mol. The van der Waals surface area contributed by atoms with Gasteiger partial charge >= 0.3 is 5.97 Å². The molecule has 2 aromatic rings. The van der Waals surface area contributed by atoms with E-state index >= 15 is 0 Å². The lowest BCUT2D eigenvalue weighted by molar-refractivity contribution is -0.141. The van der Waals surface area contributed by atoms with Crippen LogP contribution in [0, 0.1) is 0 Å². The summed E-state index contributed by atoms with van der Waals surface area (Å²) in [6, 6.07) is 10.5. The molecule has 1 unspecified atom stereocenters. The van der Waals surface area contributed by atoms with Crippen molar-refractivity contribution in [2.24, 2.45) is 0 Å². The summed E-state index contributed by atoms with van der Waals surface area (Å²) in [5.41, 5.74) is 0.855. The van der Waals surface area contributed by atoms with E-state index in [4.69, 9.17) is 9.84 Å². The van der Waals surface area contributed by atoms with Crippen LogP contribution < -0.4 is 10.1 Å². The van der Waals surface area contributed by atoms with E-state index in [1.54, 1.807) is 7.11 Å². The summed E-state index contributed by atoms with van der Waals surface area (Å²) in [6.45, 7) is 1.31. The van der Waals surface area contributed by atoms with Crippen LogP contribution in [0.1, 0.15) is 12.5 Å². The summed E-state index contributed by atoms with van der Waals surface area (Å²) >= 11 is 0. The first kappa shape index (κ1) is 14.8. The predicted octanol–water partition coefficient (Wildman–Crippen LogP) is 1.98. The largest absolute Gasteiger partial charge is 0.497 e. The smallest absolute Gasteiger partial charge is 0.326 e. The van der Waals surface area contributed by atoms with Crippen LogP contribution >= 0.6 is 0 Å². The van der Waals surface area contributed by atoms with Crippen molar-refractivity contribution in [3.05, 3.63) is 42.0 Å². The molecule has 0 saturated carbocycles. The van der Waals surface area contributed by atoms with E-state index < -0.39 is 12.0 Å². The van der Waals surface area contributed by atoms with Gasteiger partial charge in [-0.1, -0.05) is 24.3 Å². The van der Waals surface area contributed by atoms with E-state index in [1.807, 2.05) is 36.4 Å². The molecule has 2 aromatic carbocycles. The molecule has 0 aliphatic heterocycles. The molecule has 0 fully saturated rings. The molecule has 0 aliphatic rings. The molecule has 0 spiro atoms. The minimum atomic E-state index is -1.04. The van der Waals surface area contributed by atoms with Gasteiger partial charge in [0, 0.05) is 13.3 Å². The molecule has 110 valence electrons. The SMILES string of the molecule is COc1ccc2cc(CC(NC(C)=O)C(=O)O)ccc2c1. The fourth-order valence-electron chi connectivity index (χ4n) is 2.21. The Bertz CT molecular complexity index is 681. The highest BCUT2D eigenvalue weighted by atomic mass is 16.5. The van der Waals surface area contributed by atoms with E-state index in [9.17, 15) is 9.59 Å². The second kappa shape index (κ2) is 6.26. The number of hydrogen-bond acceptors (Lipinski definition) is 3. The summed E-state index contributed by atoms with van der Waals surface area (Å²) in [5.74, 6) is -0.620. The third kappa shape index (κ3) is 3.72. The van der Waals surface area contributed by atoms with Gasteiger partial charge in [-0.3, -0.25) is 4.79 Å². The first-order valence-electron chi connectivity index (χ1n) is 6.56. The number of nitrogens with one attached hydrogen (secondary N) is 1. The Kier molecular flexibility index (Phi) is 4.42. The fourth-order valence-corrected chi connectivity index (χ4v) is 2.21. The molecule has 0 aromatic heterocycles. The van der Waals surface area contributed by atoms with Gasteiger partial charge in [-0.05, 0) is 28.5 Å². The summed E-state index contributed by atoms with van der Waals surface area (Å²) < 4.78 is 5.17. The van der Waals surface area contributed by atoms with Crippen molar-refractivity contribution >= 4 is 22.6 Å². The minimum absolute atomic E-state index is 0.247. The molecular formula is C16H17NO4. The lowest BCUT2D eigenvalue weighted by Gasteiger charge is -2.13. The zero-order valence-corrected chi connectivity index (χ0v) is 11.9. The Hall–Kier alpha value is -2.56. The zero-order chi connectivity index (χ0) is 15.4. The number of carbonyl (C=O) groups is 2.